The monoisotopic (exact) mass is 641 g/mol. The van der Waals surface area contributed by atoms with E-state index >= 15 is 0 Å². The van der Waals surface area contributed by atoms with Gasteiger partial charge in [0.15, 0.2) is 23.0 Å². The van der Waals surface area contributed by atoms with Crippen LogP contribution in [0.5, 0.6) is 23.0 Å². The largest absolute Gasteiger partial charge is 0.493 e. The van der Waals surface area contributed by atoms with E-state index in [-0.39, 0.29) is 40.9 Å². The number of amides is 2. The molecule has 0 atom stereocenters. The van der Waals surface area contributed by atoms with Crippen LogP contribution in [0.2, 0.25) is 5.02 Å². The van der Waals surface area contributed by atoms with Crippen molar-refractivity contribution in [2.75, 3.05) is 26.1 Å². The smallest absolute Gasteiger partial charge is 0.275 e. The zero-order chi connectivity index (χ0) is 32.5. The third-order valence-corrected chi connectivity index (χ3v) is 7.18. The molecule has 0 bridgehead atoms. The molecular weight excluding hydrogens is 610 g/mol. The van der Waals surface area contributed by atoms with Gasteiger partial charge in [0.2, 0.25) is 0 Å². The number of methoxy groups -OCH3 is 2. The molecule has 1 aromatic heterocycles. The molecule has 2 amide bonds. The number of aromatic nitrogens is 1. The molecule has 46 heavy (non-hydrogen) atoms. The van der Waals surface area contributed by atoms with Crippen LogP contribution in [0.3, 0.4) is 0 Å². The first-order chi connectivity index (χ1) is 22.4. The maximum atomic E-state index is 13.5. The number of carbonyl (C=O) groups excluding carboxylic acids is 2. The second-order valence-electron chi connectivity index (χ2n) is 9.95. The Kier molecular flexibility index (Phi) is 10.4. The summed E-state index contributed by atoms with van der Waals surface area (Å²) in [6.07, 6.45) is 0. The van der Waals surface area contributed by atoms with E-state index in [1.54, 1.807) is 31.2 Å². The fourth-order valence-corrected chi connectivity index (χ4v) is 4.78. The molecule has 4 aromatic carbocycles. The number of nitrogens with zero attached hydrogens (tertiary/aromatic N) is 1. The van der Waals surface area contributed by atoms with Crippen molar-refractivity contribution in [3.05, 3.63) is 118 Å². The number of hydrogen-bond donors (Lipinski definition) is 2. The lowest BCUT2D eigenvalue weighted by atomic mass is 10.1. The maximum absolute atomic E-state index is 13.5. The highest BCUT2D eigenvalue weighted by Crippen LogP contribution is 2.43. The normalized spacial score (nSPS) is 10.6. The first-order valence-corrected chi connectivity index (χ1v) is 14.8. The van der Waals surface area contributed by atoms with Crippen LogP contribution in [-0.4, -0.2) is 37.7 Å². The molecule has 10 nitrogen and oxygen atoms in total. The van der Waals surface area contributed by atoms with Crippen molar-refractivity contribution in [1.29, 1.82) is 0 Å². The van der Waals surface area contributed by atoms with Gasteiger partial charge in [0, 0.05) is 18.2 Å². The molecule has 0 aliphatic rings. The van der Waals surface area contributed by atoms with E-state index in [2.05, 4.69) is 15.8 Å². The summed E-state index contributed by atoms with van der Waals surface area (Å²) in [5.41, 5.74) is 2.37. The molecule has 0 aliphatic heterocycles. The first-order valence-electron chi connectivity index (χ1n) is 14.4. The highest BCUT2D eigenvalue weighted by Gasteiger charge is 2.28. The summed E-state index contributed by atoms with van der Waals surface area (Å²) >= 11 is 6.73. The van der Waals surface area contributed by atoms with Gasteiger partial charge in [-0.05, 0) is 42.3 Å². The SMILES string of the molecule is CCNC(=O)c1noc(-c2cc(Cl)c(OCc3ccccc3)cc2OCc2ccccc2)c1NC(=O)c1ccc(OC)c(OC)c1. The third-order valence-electron chi connectivity index (χ3n) is 6.88. The second kappa shape index (κ2) is 15.0. The average molecular weight is 642 g/mol. The van der Waals surface area contributed by atoms with Crippen molar-refractivity contribution in [2.24, 2.45) is 0 Å². The lowest BCUT2D eigenvalue weighted by Gasteiger charge is -2.16. The zero-order valence-corrected chi connectivity index (χ0v) is 26.2. The molecule has 5 aromatic rings. The number of hydrogen-bond acceptors (Lipinski definition) is 8. The molecule has 0 saturated heterocycles. The molecule has 2 N–H and O–H groups in total. The minimum absolute atomic E-state index is 0.0318. The summed E-state index contributed by atoms with van der Waals surface area (Å²) in [6.45, 7) is 2.58. The van der Waals surface area contributed by atoms with Gasteiger partial charge < -0.3 is 34.1 Å². The van der Waals surface area contributed by atoms with Crippen LogP contribution < -0.4 is 29.6 Å². The number of benzene rings is 4. The summed E-state index contributed by atoms with van der Waals surface area (Å²) in [6, 6.07) is 27.2. The van der Waals surface area contributed by atoms with Gasteiger partial charge in [0.05, 0.1) is 24.8 Å². The number of carbonyl (C=O) groups is 2. The molecule has 1 heterocycles. The summed E-state index contributed by atoms with van der Waals surface area (Å²) in [5.74, 6) is 0.497. The van der Waals surface area contributed by atoms with Gasteiger partial charge in [0.25, 0.3) is 11.8 Å². The van der Waals surface area contributed by atoms with E-state index in [0.717, 1.165) is 11.1 Å². The van der Waals surface area contributed by atoms with Crippen molar-refractivity contribution in [1.82, 2.24) is 10.5 Å². The van der Waals surface area contributed by atoms with E-state index in [9.17, 15) is 9.59 Å². The fourth-order valence-electron chi connectivity index (χ4n) is 4.57. The minimum atomic E-state index is -0.545. The van der Waals surface area contributed by atoms with Gasteiger partial charge in [-0.15, -0.1) is 0 Å². The predicted molar refractivity (Wildman–Crippen MR) is 174 cm³/mol. The topological polar surface area (TPSA) is 121 Å². The number of rotatable bonds is 13. The Balaban J connectivity index is 1.56. The van der Waals surface area contributed by atoms with Crippen molar-refractivity contribution in [3.63, 3.8) is 0 Å². The van der Waals surface area contributed by atoms with Crippen LogP contribution in [0.15, 0.2) is 95.5 Å². The van der Waals surface area contributed by atoms with Gasteiger partial charge >= 0.3 is 0 Å². The van der Waals surface area contributed by atoms with Crippen molar-refractivity contribution >= 4 is 29.1 Å². The molecule has 0 aliphatic carbocycles. The van der Waals surface area contributed by atoms with Crippen molar-refractivity contribution in [2.45, 2.75) is 20.1 Å². The van der Waals surface area contributed by atoms with Crippen LogP contribution in [-0.2, 0) is 13.2 Å². The number of anilines is 1. The molecule has 11 heteroatoms. The van der Waals surface area contributed by atoms with E-state index in [1.807, 2.05) is 60.7 Å². The quantitative estimate of drug-likeness (QED) is 0.139. The van der Waals surface area contributed by atoms with Gasteiger partial charge in [-0.2, -0.15) is 0 Å². The zero-order valence-electron chi connectivity index (χ0n) is 25.5. The highest BCUT2D eigenvalue weighted by atomic mass is 35.5. The molecule has 0 spiro atoms. The lowest BCUT2D eigenvalue weighted by Crippen LogP contribution is -2.25. The number of halogens is 1. The highest BCUT2D eigenvalue weighted by molar-refractivity contribution is 6.32. The van der Waals surface area contributed by atoms with Gasteiger partial charge in [0.1, 0.15) is 30.4 Å². The molecule has 0 radical (unpaired) electrons. The van der Waals surface area contributed by atoms with Gasteiger partial charge in [-0.3, -0.25) is 9.59 Å². The van der Waals surface area contributed by atoms with E-state index in [0.29, 0.717) is 35.1 Å². The van der Waals surface area contributed by atoms with Gasteiger partial charge in [-0.1, -0.05) is 77.4 Å². The first kappa shape index (κ1) is 31.9. The van der Waals surface area contributed by atoms with Crippen LogP contribution in [0, 0.1) is 0 Å². The Bertz CT molecular complexity index is 1810. The minimum Gasteiger partial charge on any atom is -0.493 e. The summed E-state index contributed by atoms with van der Waals surface area (Å²) in [7, 11) is 2.97. The standard InChI is InChI=1S/C35H32ClN3O7/c1-4-37-35(41)32-31(38-34(40)24-15-16-27(42-2)30(17-24)43-3)33(46-39-32)25-18-26(36)29(45-21-23-13-9-6-10-14-23)19-28(25)44-20-22-11-7-5-8-12-22/h5-19H,4,20-21H2,1-3H3,(H,37,41)(H,38,40). The average Bonchev–Trinajstić information content (AvgIpc) is 3.50. The predicted octanol–water partition coefficient (Wildman–Crippen LogP) is 7.17. The third kappa shape index (κ3) is 7.41. The van der Waals surface area contributed by atoms with Gasteiger partial charge in [-0.25, -0.2) is 0 Å². The summed E-state index contributed by atoms with van der Waals surface area (Å²) in [5, 5.41) is 9.79. The molecule has 0 saturated carbocycles. The van der Waals surface area contributed by atoms with E-state index in [1.165, 1.54) is 20.3 Å². The van der Waals surface area contributed by atoms with Crippen LogP contribution in [0.4, 0.5) is 5.69 Å². The number of nitrogens with one attached hydrogen (secondary N) is 2. The second-order valence-corrected chi connectivity index (χ2v) is 10.4. The molecule has 0 unspecified atom stereocenters. The fraction of sp³-hybridized carbons (Fsp3) is 0.171. The Labute approximate surface area is 271 Å². The van der Waals surface area contributed by atoms with E-state index < -0.39 is 11.8 Å². The van der Waals surface area contributed by atoms with Crippen LogP contribution in [0.25, 0.3) is 11.3 Å². The van der Waals surface area contributed by atoms with Crippen molar-refractivity contribution in [3.8, 4) is 34.3 Å². The van der Waals surface area contributed by atoms with Crippen LogP contribution >= 0.6 is 11.6 Å². The van der Waals surface area contributed by atoms with E-state index in [4.69, 9.17) is 35.1 Å². The molecular formula is C35H32ClN3O7. The van der Waals surface area contributed by atoms with Crippen LogP contribution in [0.1, 0.15) is 38.9 Å². The summed E-state index contributed by atoms with van der Waals surface area (Å²) < 4.78 is 28.7. The Hall–Kier alpha value is -5.48. The summed E-state index contributed by atoms with van der Waals surface area (Å²) in [4.78, 5) is 26.6. The Morgan fingerprint density at radius 1 is 0.761 bits per heavy atom. The molecule has 0 fully saturated rings. The molecule has 236 valence electrons. The lowest BCUT2D eigenvalue weighted by molar-refractivity contribution is 0.0947. The number of ether oxygens (including phenoxy) is 4. The molecule has 5 rings (SSSR count). The Morgan fingerprint density at radius 3 is 2.00 bits per heavy atom. The maximum Gasteiger partial charge on any atom is 0.275 e. The van der Waals surface area contributed by atoms with Crippen molar-refractivity contribution < 1.29 is 33.1 Å². The Morgan fingerprint density at radius 2 is 1.39 bits per heavy atom.